The van der Waals surface area contributed by atoms with Gasteiger partial charge < -0.3 is 9.84 Å². The molecule has 1 aliphatic heterocycles. The highest BCUT2D eigenvalue weighted by atomic mass is 19.3. The van der Waals surface area contributed by atoms with Crippen molar-refractivity contribution >= 4 is 12.1 Å². The Morgan fingerprint density at radius 3 is 2.64 bits per heavy atom. The number of carbonyl (C=O) groups excluding carboxylic acids is 1. The quantitative estimate of drug-likeness (QED) is 0.931. The van der Waals surface area contributed by atoms with Crippen molar-refractivity contribution < 1.29 is 28.2 Å². The molecule has 1 amide bonds. The third-order valence-corrected chi connectivity index (χ3v) is 4.32. The van der Waals surface area contributed by atoms with Gasteiger partial charge in [-0.25, -0.2) is 18.4 Å². The molecule has 1 saturated carbocycles. The van der Waals surface area contributed by atoms with E-state index in [1.807, 2.05) is 6.07 Å². The molecule has 2 fully saturated rings. The Labute approximate surface area is 125 Å². The number of piperidine rings is 1. The second-order valence-electron chi connectivity index (χ2n) is 5.69. The lowest BCUT2D eigenvalue weighted by Gasteiger charge is -2.35. The second-order valence-corrected chi connectivity index (χ2v) is 5.69. The molecule has 1 aromatic rings. The van der Waals surface area contributed by atoms with Gasteiger partial charge in [0, 0.05) is 12.5 Å². The van der Waals surface area contributed by atoms with E-state index in [0.717, 1.165) is 10.5 Å². The molecule has 0 spiro atoms. The topological polar surface area (TPSA) is 66.8 Å². The Bertz CT molecular complexity index is 592. The van der Waals surface area contributed by atoms with Gasteiger partial charge in [0.25, 0.3) is 5.92 Å². The van der Waals surface area contributed by atoms with Crippen molar-refractivity contribution in [2.24, 2.45) is 5.92 Å². The van der Waals surface area contributed by atoms with Gasteiger partial charge in [-0.3, -0.25) is 4.90 Å². The van der Waals surface area contributed by atoms with Crippen LogP contribution in [-0.4, -0.2) is 40.1 Å². The smallest absolute Gasteiger partial charge is 0.411 e. The zero-order chi connectivity index (χ0) is 15.9. The maximum absolute atomic E-state index is 13.7. The fourth-order valence-corrected chi connectivity index (χ4v) is 3.35. The largest absolute Gasteiger partial charge is 0.480 e. The van der Waals surface area contributed by atoms with E-state index in [-0.39, 0.29) is 13.0 Å². The second kappa shape index (κ2) is 5.23. The summed E-state index contributed by atoms with van der Waals surface area (Å²) >= 11 is 0. The lowest BCUT2D eigenvalue weighted by Crippen LogP contribution is -2.54. The molecule has 0 aromatic heterocycles. The van der Waals surface area contributed by atoms with E-state index in [1.54, 1.807) is 24.3 Å². The van der Waals surface area contributed by atoms with E-state index < -0.39 is 42.4 Å². The summed E-state index contributed by atoms with van der Waals surface area (Å²) < 4.78 is 32.5. The molecule has 1 aliphatic carbocycles. The molecule has 2 aliphatic rings. The van der Waals surface area contributed by atoms with E-state index >= 15 is 0 Å². The van der Waals surface area contributed by atoms with Crippen molar-refractivity contribution in [1.29, 1.82) is 0 Å². The summed E-state index contributed by atoms with van der Waals surface area (Å²) in [5, 5.41) is 9.19. The van der Waals surface area contributed by atoms with E-state index in [2.05, 4.69) is 0 Å². The van der Waals surface area contributed by atoms with Gasteiger partial charge in [-0.15, -0.1) is 0 Å². The number of halogens is 2. The molecule has 1 heterocycles. The number of carboxylic acids is 1. The average molecular weight is 311 g/mol. The maximum atomic E-state index is 13.7. The van der Waals surface area contributed by atoms with E-state index in [0.29, 0.717) is 0 Å². The number of hydrogen-bond acceptors (Lipinski definition) is 3. The Kier molecular flexibility index (Phi) is 3.50. The van der Waals surface area contributed by atoms with Crippen LogP contribution in [0.3, 0.4) is 0 Å². The summed E-state index contributed by atoms with van der Waals surface area (Å²) in [5.41, 5.74) is 0.748. The van der Waals surface area contributed by atoms with Crippen LogP contribution in [0.4, 0.5) is 13.6 Å². The number of amides is 1. The molecule has 1 N–H and O–H groups in total. The minimum Gasteiger partial charge on any atom is -0.480 e. The van der Waals surface area contributed by atoms with E-state index in [4.69, 9.17) is 4.74 Å². The van der Waals surface area contributed by atoms with Crippen LogP contribution in [0.2, 0.25) is 0 Å². The number of carboxylic acid groups (broad SMARTS) is 1. The number of hydrogen-bond donors (Lipinski definition) is 1. The highest BCUT2D eigenvalue weighted by molar-refractivity contribution is 5.82. The Morgan fingerprint density at radius 1 is 1.32 bits per heavy atom. The van der Waals surface area contributed by atoms with Gasteiger partial charge in [0.2, 0.25) is 0 Å². The number of aliphatic carboxylic acids is 1. The summed E-state index contributed by atoms with van der Waals surface area (Å²) in [6, 6.07) is 6.59. The molecule has 0 radical (unpaired) electrons. The fourth-order valence-electron chi connectivity index (χ4n) is 3.35. The number of ether oxygens (including phenoxy) is 1. The lowest BCUT2D eigenvalue weighted by molar-refractivity contribution is -0.154. The van der Waals surface area contributed by atoms with Gasteiger partial charge in [0.05, 0.1) is 5.92 Å². The van der Waals surface area contributed by atoms with Crippen molar-refractivity contribution in [2.45, 2.75) is 37.5 Å². The van der Waals surface area contributed by atoms with Crippen LogP contribution in [0.1, 0.15) is 18.4 Å². The van der Waals surface area contributed by atoms with Gasteiger partial charge in [-0.05, 0) is 12.0 Å². The van der Waals surface area contributed by atoms with Gasteiger partial charge >= 0.3 is 12.1 Å². The predicted octanol–water partition coefficient (Wildman–Crippen LogP) is 2.51. The number of carbonyl (C=O) groups is 2. The first-order valence-electron chi connectivity index (χ1n) is 7.00. The van der Waals surface area contributed by atoms with Crippen LogP contribution in [0, 0.1) is 5.92 Å². The molecular weight excluding hydrogens is 296 g/mol. The first-order valence-corrected chi connectivity index (χ1v) is 7.00. The molecule has 3 atom stereocenters. The Balaban J connectivity index is 1.71. The van der Waals surface area contributed by atoms with Crippen LogP contribution in [-0.2, 0) is 16.1 Å². The first kappa shape index (κ1) is 14.7. The van der Waals surface area contributed by atoms with Crippen molar-refractivity contribution in [3.05, 3.63) is 35.9 Å². The van der Waals surface area contributed by atoms with Crippen molar-refractivity contribution in [3.8, 4) is 0 Å². The Morgan fingerprint density at radius 2 is 2.00 bits per heavy atom. The SMILES string of the molecule is O=C(O)[C@@H]1C2CC(CC2(F)F)N1C(=O)OCc1ccccc1. The monoisotopic (exact) mass is 311 g/mol. The van der Waals surface area contributed by atoms with Gasteiger partial charge in [-0.2, -0.15) is 0 Å². The minimum atomic E-state index is -3.04. The van der Waals surface area contributed by atoms with Crippen molar-refractivity contribution in [1.82, 2.24) is 4.90 Å². The molecule has 5 nitrogen and oxygen atoms in total. The van der Waals surface area contributed by atoms with Gasteiger partial charge in [0.1, 0.15) is 12.6 Å². The van der Waals surface area contributed by atoms with Gasteiger partial charge in [0.15, 0.2) is 0 Å². The summed E-state index contributed by atoms with van der Waals surface area (Å²) in [5.74, 6) is -5.79. The third kappa shape index (κ3) is 2.40. The zero-order valence-corrected chi connectivity index (χ0v) is 11.6. The molecule has 2 unspecified atom stereocenters. The van der Waals surface area contributed by atoms with Crippen LogP contribution < -0.4 is 0 Å². The van der Waals surface area contributed by atoms with Gasteiger partial charge in [-0.1, -0.05) is 30.3 Å². The van der Waals surface area contributed by atoms with E-state index in [1.165, 1.54) is 0 Å². The number of likely N-dealkylation sites (tertiary alicyclic amines) is 1. The molecule has 2 bridgehead atoms. The number of alkyl halides is 2. The third-order valence-electron chi connectivity index (χ3n) is 4.32. The first-order chi connectivity index (χ1) is 10.4. The molecule has 1 aromatic carbocycles. The fraction of sp³-hybridized carbons (Fsp3) is 0.467. The van der Waals surface area contributed by atoms with Crippen LogP contribution in [0.15, 0.2) is 30.3 Å². The van der Waals surface area contributed by atoms with Crippen LogP contribution in [0.5, 0.6) is 0 Å². The molecule has 1 saturated heterocycles. The number of benzene rings is 1. The number of nitrogens with zero attached hydrogens (tertiary/aromatic N) is 1. The minimum absolute atomic E-state index is 0.00437. The predicted molar refractivity (Wildman–Crippen MR) is 71.3 cm³/mol. The highest BCUT2D eigenvalue weighted by Crippen LogP contribution is 2.52. The molecule has 22 heavy (non-hydrogen) atoms. The van der Waals surface area contributed by atoms with Crippen LogP contribution >= 0.6 is 0 Å². The van der Waals surface area contributed by atoms with Crippen LogP contribution in [0.25, 0.3) is 0 Å². The lowest BCUT2D eigenvalue weighted by atomic mass is 9.95. The standard InChI is InChI=1S/C15H15F2NO4/c16-15(17)7-10-6-11(15)12(13(19)20)18(10)14(21)22-8-9-4-2-1-3-5-9/h1-5,10-12H,6-8H2,(H,19,20)/t10?,11?,12-/m0/s1. The molecular formula is C15H15F2NO4. The number of fused-ring (bicyclic) bond motifs is 2. The van der Waals surface area contributed by atoms with Crippen molar-refractivity contribution in [2.75, 3.05) is 0 Å². The molecule has 3 rings (SSSR count). The summed E-state index contributed by atoms with van der Waals surface area (Å²) in [7, 11) is 0. The average Bonchev–Trinajstić information content (AvgIpc) is 2.99. The normalized spacial score (nSPS) is 28.6. The van der Waals surface area contributed by atoms with E-state index in [9.17, 15) is 23.5 Å². The summed E-state index contributed by atoms with van der Waals surface area (Å²) in [4.78, 5) is 24.4. The number of rotatable bonds is 3. The zero-order valence-electron chi connectivity index (χ0n) is 11.6. The molecule has 118 valence electrons. The highest BCUT2D eigenvalue weighted by Gasteiger charge is 2.65. The summed E-state index contributed by atoms with van der Waals surface area (Å²) in [6.07, 6.45) is -1.34. The maximum Gasteiger partial charge on any atom is 0.411 e. The molecule has 7 heteroatoms. The Hall–Kier alpha value is -2.18. The van der Waals surface area contributed by atoms with Crippen molar-refractivity contribution in [3.63, 3.8) is 0 Å². The summed E-state index contributed by atoms with van der Waals surface area (Å²) in [6.45, 7) is -0.0176.